The van der Waals surface area contributed by atoms with Crippen molar-refractivity contribution in [2.75, 3.05) is 14.2 Å². The van der Waals surface area contributed by atoms with Gasteiger partial charge in [0.05, 0.1) is 43.0 Å². The number of methoxy groups -OCH3 is 2. The van der Waals surface area contributed by atoms with Gasteiger partial charge in [-0.15, -0.1) is 8.78 Å². The van der Waals surface area contributed by atoms with E-state index in [1.165, 1.54) is 26.4 Å². The number of nitrogens with one attached hydrogen (secondary N) is 1. The van der Waals surface area contributed by atoms with Crippen LogP contribution in [0.25, 0.3) is 0 Å². The highest BCUT2D eigenvalue weighted by Gasteiger charge is 2.53. The van der Waals surface area contributed by atoms with Gasteiger partial charge in [0.2, 0.25) is 5.91 Å². The monoisotopic (exact) mass is 593 g/mol. The maximum Gasteiger partial charge on any atom is 0.586 e. The Morgan fingerprint density at radius 3 is 1.77 bits per heavy atom. The molecule has 3 atom stereocenters. The van der Waals surface area contributed by atoms with E-state index >= 15 is 0 Å². The zero-order valence-electron chi connectivity index (χ0n) is 23.4. The van der Waals surface area contributed by atoms with Gasteiger partial charge in [-0.25, -0.2) is 9.59 Å². The standard InChI is InChI=1S/C32H29F2NO8/c1-39-28(36)20-7-3-18(4-8-20)25-16-23(17-26(41-25)19-5-9-21(10-6-19)29(37)40-2)35-30(38)31(13-14-31)22-11-12-24-27(15-22)43-32(33,34)42-24/h3-12,15,23,25-26H,13-14,16-17H2,1-2H3,(H,35,38)/t23?,25-,26+. The van der Waals surface area contributed by atoms with Crippen molar-refractivity contribution in [1.82, 2.24) is 5.32 Å². The van der Waals surface area contributed by atoms with Crippen LogP contribution in [0.15, 0.2) is 66.7 Å². The SMILES string of the molecule is COC(=O)c1ccc([C@@H]2CC(NC(=O)C3(c4ccc5c(c4)OC(F)(F)O5)CC3)C[C@H](c3ccc(C(=O)OC)cc3)O2)cc1. The predicted octanol–water partition coefficient (Wildman–Crippen LogP) is 5.39. The minimum atomic E-state index is -3.74. The fourth-order valence-corrected chi connectivity index (χ4v) is 5.72. The molecule has 6 rings (SSSR count). The highest BCUT2D eigenvalue weighted by molar-refractivity contribution is 5.92. The normalized spacial score (nSPS) is 22.7. The Kier molecular flexibility index (Phi) is 7.29. The highest BCUT2D eigenvalue weighted by atomic mass is 19.3. The molecule has 0 bridgehead atoms. The third kappa shape index (κ3) is 5.64. The number of hydrogen-bond acceptors (Lipinski definition) is 8. The van der Waals surface area contributed by atoms with Gasteiger partial charge in [-0.05, 0) is 78.8 Å². The van der Waals surface area contributed by atoms with Crippen LogP contribution in [0.4, 0.5) is 8.78 Å². The lowest BCUT2D eigenvalue weighted by Crippen LogP contribution is -2.45. The number of rotatable bonds is 7. The summed E-state index contributed by atoms with van der Waals surface area (Å²) in [7, 11) is 2.63. The summed E-state index contributed by atoms with van der Waals surface area (Å²) >= 11 is 0. The van der Waals surface area contributed by atoms with Gasteiger partial charge in [0.25, 0.3) is 0 Å². The molecule has 11 heteroatoms. The molecule has 0 aromatic heterocycles. The zero-order valence-corrected chi connectivity index (χ0v) is 23.4. The molecule has 2 fully saturated rings. The van der Waals surface area contributed by atoms with Gasteiger partial charge < -0.3 is 29.0 Å². The quantitative estimate of drug-likeness (QED) is 0.363. The van der Waals surface area contributed by atoms with Crippen molar-refractivity contribution in [2.24, 2.45) is 0 Å². The summed E-state index contributed by atoms with van der Waals surface area (Å²) < 4.78 is 52.4. The fourth-order valence-electron chi connectivity index (χ4n) is 5.72. The topological polar surface area (TPSA) is 109 Å². The van der Waals surface area contributed by atoms with Crippen LogP contribution < -0.4 is 14.8 Å². The molecule has 1 saturated carbocycles. The summed E-state index contributed by atoms with van der Waals surface area (Å²) in [5, 5.41) is 3.19. The second kappa shape index (κ2) is 11.0. The third-order valence-corrected chi connectivity index (χ3v) is 8.21. The Morgan fingerprint density at radius 1 is 0.767 bits per heavy atom. The lowest BCUT2D eigenvalue weighted by atomic mass is 9.89. The van der Waals surface area contributed by atoms with Crippen LogP contribution in [0.1, 0.15) is 75.3 Å². The average molecular weight is 594 g/mol. The molecule has 0 radical (unpaired) electrons. The molecule has 1 aliphatic carbocycles. The lowest BCUT2D eigenvalue weighted by molar-refractivity contribution is -0.286. The maximum absolute atomic E-state index is 13.7. The third-order valence-electron chi connectivity index (χ3n) is 8.21. The zero-order chi connectivity index (χ0) is 30.4. The van der Waals surface area contributed by atoms with Crippen LogP contribution in [0.5, 0.6) is 11.5 Å². The first-order chi connectivity index (χ1) is 20.6. The Bertz CT molecular complexity index is 1490. The number of carbonyl (C=O) groups is 3. The van der Waals surface area contributed by atoms with Crippen molar-refractivity contribution < 1.29 is 46.8 Å². The highest BCUT2D eigenvalue weighted by Crippen LogP contribution is 2.52. The maximum atomic E-state index is 13.7. The molecule has 43 heavy (non-hydrogen) atoms. The summed E-state index contributed by atoms with van der Waals surface area (Å²) in [6.45, 7) is 0. The van der Waals surface area contributed by atoms with Crippen molar-refractivity contribution in [3.63, 3.8) is 0 Å². The van der Waals surface area contributed by atoms with Gasteiger partial charge in [0.15, 0.2) is 11.5 Å². The second-order valence-electron chi connectivity index (χ2n) is 10.9. The average Bonchev–Trinajstić information content (AvgIpc) is 3.77. The van der Waals surface area contributed by atoms with E-state index in [0.717, 1.165) is 11.1 Å². The molecule has 1 N–H and O–H groups in total. The Hall–Kier alpha value is -4.51. The van der Waals surface area contributed by atoms with E-state index in [-0.39, 0.29) is 23.4 Å². The van der Waals surface area contributed by atoms with Crippen molar-refractivity contribution in [3.05, 3.63) is 94.5 Å². The largest absolute Gasteiger partial charge is 0.586 e. The number of esters is 2. The molecule has 9 nitrogen and oxygen atoms in total. The van der Waals surface area contributed by atoms with E-state index in [1.54, 1.807) is 54.6 Å². The number of amides is 1. The summed E-state index contributed by atoms with van der Waals surface area (Å²) in [5.74, 6) is -1.28. The van der Waals surface area contributed by atoms with Crippen molar-refractivity contribution in [2.45, 2.75) is 55.6 Å². The molecule has 2 aliphatic heterocycles. The number of hydrogen-bond donors (Lipinski definition) is 1. The lowest BCUT2D eigenvalue weighted by Gasteiger charge is -2.37. The molecule has 2 heterocycles. The van der Waals surface area contributed by atoms with Gasteiger partial charge in [-0.1, -0.05) is 30.3 Å². The smallest absolute Gasteiger partial charge is 0.465 e. The van der Waals surface area contributed by atoms with E-state index in [9.17, 15) is 23.2 Å². The Balaban J connectivity index is 1.24. The van der Waals surface area contributed by atoms with Gasteiger partial charge in [0.1, 0.15) is 0 Å². The number of alkyl halides is 2. The van der Waals surface area contributed by atoms with Gasteiger partial charge in [-0.3, -0.25) is 4.79 Å². The van der Waals surface area contributed by atoms with E-state index in [0.29, 0.717) is 42.4 Å². The molecule has 3 aromatic carbocycles. The van der Waals surface area contributed by atoms with Gasteiger partial charge >= 0.3 is 18.2 Å². The second-order valence-corrected chi connectivity index (χ2v) is 10.9. The molecular weight excluding hydrogens is 564 g/mol. The number of fused-ring (bicyclic) bond motifs is 1. The van der Waals surface area contributed by atoms with Crippen molar-refractivity contribution in [3.8, 4) is 11.5 Å². The number of halogens is 2. The minimum absolute atomic E-state index is 0.0727. The Labute approximate surface area is 246 Å². The molecule has 3 aromatic rings. The van der Waals surface area contributed by atoms with Crippen molar-refractivity contribution >= 4 is 17.8 Å². The molecule has 3 aliphatic rings. The summed E-state index contributed by atoms with van der Waals surface area (Å²) in [4.78, 5) is 37.6. The van der Waals surface area contributed by atoms with Crippen LogP contribution in [-0.2, 0) is 24.4 Å². The molecule has 224 valence electrons. The van der Waals surface area contributed by atoms with Crippen LogP contribution in [0.3, 0.4) is 0 Å². The summed E-state index contributed by atoms with van der Waals surface area (Å²) in [6.07, 6.45) is -2.52. The first kappa shape index (κ1) is 28.6. The fraction of sp³-hybridized carbons (Fsp3) is 0.344. The molecule has 1 saturated heterocycles. The first-order valence-electron chi connectivity index (χ1n) is 13.8. The minimum Gasteiger partial charge on any atom is -0.465 e. The van der Waals surface area contributed by atoms with Gasteiger partial charge in [-0.2, -0.15) is 0 Å². The van der Waals surface area contributed by atoms with E-state index in [1.807, 2.05) is 0 Å². The summed E-state index contributed by atoms with van der Waals surface area (Å²) in [5.41, 5.74) is 2.17. The molecular formula is C32H29F2NO8. The van der Waals surface area contributed by atoms with Crippen LogP contribution in [-0.4, -0.2) is 44.4 Å². The number of ether oxygens (including phenoxy) is 5. The molecule has 1 unspecified atom stereocenters. The van der Waals surface area contributed by atoms with E-state index < -0.39 is 35.9 Å². The predicted molar refractivity (Wildman–Crippen MR) is 147 cm³/mol. The summed E-state index contributed by atoms with van der Waals surface area (Å²) in [6, 6.07) is 18.0. The van der Waals surface area contributed by atoms with Crippen LogP contribution in [0.2, 0.25) is 0 Å². The van der Waals surface area contributed by atoms with Crippen LogP contribution in [0, 0.1) is 0 Å². The first-order valence-corrected chi connectivity index (χ1v) is 13.8. The molecule has 1 amide bonds. The van der Waals surface area contributed by atoms with E-state index in [2.05, 4.69) is 14.8 Å². The Morgan fingerprint density at radius 2 is 1.28 bits per heavy atom. The number of carbonyl (C=O) groups excluding carboxylic acids is 3. The molecule has 0 spiro atoms. The van der Waals surface area contributed by atoms with Crippen molar-refractivity contribution in [1.29, 1.82) is 0 Å². The van der Waals surface area contributed by atoms with E-state index in [4.69, 9.17) is 14.2 Å². The number of benzene rings is 3. The van der Waals surface area contributed by atoms with Crippen LogP contribution >= 0.6 is 0 Å². The van der Waals surface area contributed by atoms with Gasteiger partial charge in [0, 0.05) is 6.04 Å².